The minimum absolute atomic E-state index is 0.00210. The molecule has 3 amide bonds. The molecule has 0 spiro atoms. The number of carboxylic acids is 1. The molecule has 40 heavy (non-hydrogen) atoms. The second-order valence-electron chi connectivity index (χ2n) is 9.64. The summed E-state index contributed by atoms with van der Waals surface area (Å²) in [6.45, 7) is 1.68. The van der Waals surface area contributed by atoms with Gasteiger partial charge in [-0.05, 0) is 49.6 Å². The number of aliphatic hydroxyl groups is 1. The van der Waals surface area contributed by atoms with Crippen molar-refractivity contribution in [1.82, 2.24) is 16.0 Å². The maximum absolute atomic E-state index is 13.5. The Morgan fingerprint density at radius 1 is 0.800 bits per heavy atom. The summed E-state index contributed by atoms with van der Waals surface area (Å²) in [7, 11) is 0. The van der Waals surface area contributed by atoms with E-state index in [0.29, 0.717) is 31.4 Å². The number of aliphatic hydroxyl groups excluding tert-OH is 1. The maximum Gasteiger partial charge on any atom is 0.328 e. The van der Waals surface area contributed by atoms with Crippen molar-refractivity contribution in [3.8, 4) is 5.75 Å². The summed E-state index contributed by atoms with van der Waals surface area (Å²) >= 11 is 0. The van der Waals surface area contributed by atoms with Gasteiger partial charge in [0.1, 0.15) is 17.8 Å². The van der Waals surface area contributed by atoms with Gasteiger partial charge in [0, 0.05) is 12.8 Å². The van der Waals surface area contributed by atoms with Crippen LogP contribution in [-0.4, -0.2) is 75.8 Å². The lowest BCUT2D eigenvalue weighted by Crippen LogP contribution is -2.59. The number of aliphatic carboxylic acids is 1. The summed E-state index contributed by atoms with van der Waals surface area (Å²) in [5.41, 5.74) is 12.8. The first-order chi connectivity index (χ1) is 19.0. The number of amides is 3. The molecule has 12 heteroatoms. The molecule has 0 bridgehead atoms. The fourth-order valence-electron chi connectivity index (χ4n) is 3.97. The van der Waals surface area contributed by atoms with E-state index in [1.807, 2.05) is 6.07 Å². The number of hydrogen-bond acceptors (Lipinski definition) is 8. The molecule has 2 rings (SSSR count). The van der Waals surface area contributed by atoms with Crippen LogP contribution in [0.15, 0.2) is 54.6 Å². The van der Waals surface area contributed by atoms with Crippen molar-refractivity contribution < 1.29 is 34.5 Å². The monoisotopic (exact) mass is 557 g/mol. The lowest BCUT2D eigenvalue weighted by atomic mass is 10.0. The zero-order valence-electron chi connectivity index (χ0n) is 22.5. The van der Waals surface area contributed by atoms with Gasteiger partial charge in [-0.1, -0.05) is 48.9 Å². The summed E-state index contributed by atoms with van der Waals surface area (Å²) in [5, 5.41) is 36.4. The van der Waals surface area contributed by atoms with Crippen molar-refractivity contribution in [1.29, 1.82) is 0 Å². The molecule has 0 fully saturated rings. The highest BCUT2D eigenvalue weighted by Gasteiger charge is 2.32. The predicted molar refractivity (Wildman–Crippen MR) is 148 cm³/mol. The van der Waals surface area contributed by atoms with Gasteiger partial charge in [0.15, 0.2) is 6.04 Å². The first kappa shape index (κ1) is 32.2. The topological polar surface area (TPSA) is 217 Å². The zero-order chi connectivity index (χ0) is 29.7. The Kier molecular flexibility index (Phi) is 13.0. The van der Waals surface area contributed by atoms with E-state index in [2.05, 4.69) is 16.0 Å². The van der Waals surface area contributed by atoms with Gasteiger partial charge in [0.2, 0.25) is 17.7 Å². The average molecular weight is 558 g/mol. The van der Waals surface area contributed by atoms with Gasteiger partial charge in [-0.15, -0.1) is 0 Å². The lowest BCUT2D eigenvalue weighted by Gasteiger charge is -2.26. The van der Waals surface area contributed by atoms with Crippen LogP contribution in [0.25, 0.3) is 0 Å². The number of aromatic hydroxyl groups is 1. The molecule has 0 heterocycles. The molecule has 0 aliphatic carbocycles. The first-order valence-electron chi connectivity index (χ1n) is 13.1. The summed E-state index contributed by atoms with van der Waals surface area (Å²) in [5.74, 6) is -3.52. The van der Waals surface area contributed by atoms with Crippen molar-refractivity contribution in [2.45, 2.75) is 69.3 Å². The van der Waals surface area contributed by atoms with Crippen LogP contribution in [0.2, 0.25) is 0 Å². The van der Waals surface area contributed by atoms with Crippen LogP contribution in [0.4, 0.5) is 0 Å². The van der Waals surface area contributed by atoms with Crippen molar-refractivity contribution in [3.63, 3.8) is 0 Å². The second kappa shape index (κ2) is 16.2. The molecular formula is C28H39N5O7. The standard InChI is InChI=1S/C28H39N5O7/c1-17(34)24(28(39)40)33-27(38)23(16-19-10-12-20(35)13-11-19)32-26(37)22(15-18-7-3-2-4-8-18)31-25(36)21(30)9-5-6-14-29/h2-4,7-8,10-13,17,21-24,34-35H,5-6,9,14-16,29-30H2,1H3,(H,31,36)(H,32,37)(H,33,38)(H,39,40). The fraction of sp³-hybridized carbons (Fsp3) is 0.429. The van der Waals surface area contributed by atoms with Crippen molar-refractivity contribution in [3.05, 3.63) is 65.7 Å². The van der Waals surface area contributed by atoms with Crippen molar-refractivity contribution in [2.75, 3.05) is 6.54 Å². The molecule has 0 aliphatic heterocycles. The highest BCUT2D eigenvalue weighted by molar-refractivity contribution is 5.94. The minimum Gasteiger partial charge on any atom is -0.508 e. The molecule has 218 valence electrons. The number of unbranched alkanes of at least 4 members (excludes halogenated alkanes) is 1. The number of phenolic OH excluding ortho intramolecular Hbond substituents is 1. The molecule has 10 N–H and O–H groups in total. The molecule has 0 saturated carbocycles. The summed E-state index contributed by atoms with van der Waals surface area (Å²) < 4.78 is 0. The Labute approximate surface area is 233 Å². The Morgan fingerprint density at radius 2 is 1.32 bits per heavy atom. The van der Waals surface area contributed by atoms with Gasteiger partial charge in [0.05, 0.1) is 12.1 Å². The molecule has 2 aromatic rings. The normalized spacial score (nSPS) is 14.7. The Morgan fingerprint density at radius 3 is 1.85 bits per heavy atom. The van der Waals surface area contributed by atoms with Crippen LogP contribution in [0.5, 0.6) is 5.75 Å². The third kappa shape index (κ3) is 10.6. The predicted octanol–water partition coefficient (Wildman–Crippen LogP) is -0.446. The molecule has 0 aromatic heterocycles. The quantitative estimate of drug-likeness (QED) is 0.125. The van der Waals surface area contributed by atoms with Crippen LogP contribution in [0.1, 0.15) is 37.3 Å². The molecule has 2 aromatic carbocycles. The van der Waals surface area contributed by atoms with Crippen LogP contribution in [-0.2, 0) is 32.0 Å². The third-order valence-corrected chi connectivity index (χ3v) is 6.28. The molecule has 0 saturated heterocycles. The maximum atomic E-state index is 13.5. The van der Waals surface area contributed by atoms with Crippen molar-refractivity contribution >= 4 is 23.7 Å². The van der Waals surface area contributed by atoms with Gasteiger partial charge in [0.25, 0.3) is 0 Å². The highest BCUT2D eigenvalue weighted by Crippen LogP contribution is 2.13. The van der Waals surface area contributed by atoms with Gasteiger partial charge in [-0.3, -0.25) is 14.4 Å². The number of nitrogens with two attached hydrogens (primary N) is 2. The lowest BCUT2D eigenvalue weighted by molar-refractivity contribution is -0.145. The summed E-state index contributed by atoms with van der Waals surface area (Å²) in [4.78, 5) is 51.1. The Balaban J connectivity index is 2.29. The number of carbonyl (C=O) groups excluding carboxylic acids is 3. The molecular weight excluding hydrogens is 518 g/mol. The summed E-state index contributed by atoms with van der Waals surface area (Å²) in [6, 6.07) is 10.0. The third-order valence-electron chi connectivity index (χ3n) is 6.28. The Bertz CT molecular complexity index is 1110. The number of hydrogen-bond donors (Lipinski definition) is 8. The largest absolute Gasteiger partial charge is 0.508 e. The minimum atomic E-state index is -1.61. The number of phenols is 1. The van der Waals surface area contributed by atoms with Crippen molar-refractivity contribution in [2.24, 2.45) is 11.5 Å². The number of rotatable bonds is 16. The molecule has 5 unspecified atom stereocenters. The smallest absolute Gasteiger partial charge is 0.328 e. The number of carbonyl (C=O) groups is 4. The van der Waals surface area contributed by atoms with Crippen LogP contribution in [0, 0.1) is 0 Å². The van der Waals surface area contributed by atoms with Gasteiger partial charge < -0.3 is 42.7 Å². The van der Waals surface area contributed by atoms with E-state index in [4.69, 9.17) is 11.5 Å². The van der Waals surface area contributed by atoms with Gasteiger partial charge in [-0.2, -0.15) is 0 Å². The number of carboxylic acid groups (broad SMARTS) is 1. The van der Waals surface area contributed by atoms with E-state index in [1.54, 1.807) is 36.4 Å². The van der Waals surface area contributed by atoms with E-state index < -0.39 is 54.0 Å². The second-order valence-corrected chi connectivity index (χ2v) is 9.64. The van der Waals surface area contributed by atoms with Gasteiger partial charge >= 0.3 is 5.97 Å². The van der Waals surface area contributed by atoms with Crippen LogP contribution in [0.3, 0.4) is 0 Å². The number of nitrogens with one attached hydrogen (secondary N) is 3. The Hall–Kier alpha value is -4.00. The molecule has 0 aliphatic rings. The molecule has 12 nitrogen and oxygen atoms in total. The van der Waals surface area contributed by atoms with Crippen LogP contribution < -0.4 is 27.4 Å². The van der Waals surface area contributed by atoms with Gasteiger partial charge in [-0.25, -0.2) is 4.79 Å². The molecule has 5 atom stereocenters. The number of benzene rings is 2. The SMILES string of the molecule is CC(O)C(NC(=O)C(Cc1ccc(O)cc1)NC(=O)C(Cc1ccccc1)NC(=O)C(N)CCCCN)C(=O)O. The highest BCUT2D eigenvalue weighted by atomic mass is 16.4. The zero-order valence-corrected chi connectivity index (χ0v) is 22.5. The van der Waals surface area contributed by atoms with E-state index in [1.165, 1.54) is 19.1 Å². The fourth-order valence-corrected chi connectivity index (χ4v) is 3.97. The van der Waals surface area contributed by atoms with E-state index in [9.17, 15) is 34.5 Å². The first-order valence-corrected chi connectivity index (χ1v) is 13.1. The van der Waals surface area contributed by atoms with E-state index in [-0.39, 0.29) is 18.6 Å². The van der Waals surface area contributed by atoms with E-state index >= 15 is 0 Å². The van der Waals surface area contributed by atoms with E-state index in [0.717, 1.165) is 5.56 Å². The average Bonchev–Trinajstić information content (AvgIpc) is 2.92. The molecule has 0 radical (unpaired) electrons. The summed E-state index contributed by atoms with van der Waals surface area (Å²) in [6.07, 6.45) is 0.361. The van der Waals surface area contributed by atoms with Crippen LogP contribution >= 0.6 is 0 Å².